The number of benzene rings is 1. The van der Waals surface area contributed by atoms with Gasteiger partial charge in [0, 0.05) is 13.6 Å². The minimum absolute atomic E-state index is 0.111. The number of fused-ring (bicyclic) bond motifs is 1. The maximum absolute atomic E-state index is 11.8. The van der Waals surface area contributed by atoms with Crippen molar-refractivity contribution < 1.29 is 9.53 Å². The van der Waals surface area contributed by atoms with Crippen molar-refractivity contribution in [3.05, 3.63) is 29.3 Å². The zero-order valence-corrected chi connectivity index (χ0v) is 12.2. The van der Waals surface area contributed by atoms with Gasteiger partial charge >= 0.3 is 0 Å². The van der Waals surface area contributed by atoms with E-state index in [1.807, 2.05) is 13.1 Å². The highest BCUT2D eigenvalue weighted by Gasteiger charge is 2.12. The van der Waals surface area contributed by atoms with E-state index in [1.54, 1.807) is 4.90 Å². The van der Waals surface area contributed by atoms with Gasteiger partial charge in [-0.15, -0.1) is 0 Å². The van der Waals surface area contributed by atoms with Crippen molar-refractivity contribution in [2.24, 2.45) is 5.73 Å². The molecule has 0 saturated heterocycles. The molecule has 110 valence electrons. The van der Waals surface area contributed by atoms with Gasteiger partial charge < -0.3 is 15.4 Å². The summed E-state index contributed by atoms with van der Waals surface area (Å²) < 4.78 is 5.68. The summed E-state index contributed by atoms with van der Waals surface area (Å²) in [6.07, 6.45) is 4.82. The van der Waals surface area contributed by atoms with Crippen LogP contribution in [0, 0.1) is 0 Å². The van der Waals surface area contributed by atoms with Crippen LogP contribution in [-0.4, -0.2) is 37.6 Å². The maximum atomic E-state index is 11.8. The van der Waals surface area contributed by atoms with Gasteiger partial charge in [0.15, 0.2) is 0 Å². The van der Waals surface area contributed by atoms with Crippen molar-refractivity contribution in [3.63, 3.8) is 0 Å². The second-order valence-corrected chi connectivity index (χ2v) is 5.34. The van der Waals surface area contributed by atoms with Crippen LogP contribution in [0.1, 0.15) is 30.4 Å². The highest BCUT2D eigenvalue weighted by atomic mass is 16.5. The van der Waals surface area contributed by atoms with Crippen molar-refractivity contribution in [3.8, 4) is 5.75 Å². The van der Waals surface area contributed by atoms with Gasteiger partial charge in [-0.05, 0) is 55.5 Å². The molecule has 2 rings (SSSR count). The van der Waals surface area contributed by atoms with E-state index in [0.29, 0.717) is 26.1 Å². The van der Waals surface area contributed by atoms with E-state index in [2.05, 4.69) is 12.1 Å². The highest BCUT2D eigenvalue weighted by Crippen LogP contribution is 2.26. The molecule has 1 aliphatic carbocycles. The van der Waals surface area contributed by atoms with Crippen molar-refractivity contribution in [2.45, 2.75) is 32.1 Å². The van der Waals surface area contributed by atoms with Crippen molar-refractivity contribution in [2.75, 3.05) is 26.7 Å². The first kappa shape index (κ1) is 14.9. The molecule has 0 unspecified atom stereocenters. The Hall–Kier alpha value is -1.55. The van der Waals surface area contributed by atoms with Gasteiger partial charge in [-0.3, -0.25) is 4.79 Å². The van der Waals surface area contributed by atoms with E-state index in [1.165, 1.54) is 24.0 Å². The summed E-state index contributed by atoms with van der Waals surface area (Å²) >= 11 is 0. The molecule has 0 spiro atoms. The van der Waals surface area contributed by atoms with Crippen LogP contribution in [0.15, 0.2) is 18.2 Å². The van der Waals surface area contributed by atoms with Crippen LogP contribution in [0.3, 0.4) is 0 Å². The molecule has 0 bridgehead atoms. The molecule has 1 aromatic rings. The fourth-order valence-electron chi connectivity index (χ4n) is 2.54. The Kier molecular flexibility index (Phi) is 5.41. The van der Waals surface area contributed by atoms with Gasteiger partial charge in [0.2, 0.25) is 5.91 Å². The summed E-state index contributed by atoms with van der Waals surface area (Å²) in [4.78, 5) is 13.6. The number of rotatable bonds is 7. The second-order valence-electron chi connectivity index (χ2n) is 5.34. The number of amides is 1. The number of hydrogen-bond donors (Lipinski definition) is 1. The lowest BCUT2D eigenvalue weighted by molar-refractivity contribution is -0.130. The summed E-state index contributed by atoms with van der Waals surface area (Å²) in [5.74, 6) is 0.989. The molecule has 1 aromatic carbocycles. The molecule has 0 fully saturated rings. The van der Waals surface area contributed by atoms with Crippen molar-refractivity contribution >= 4 is 5.91 Å². The third-order valence-corrected chi connectivity index (χ3v) is 3.78. The van der Waals surface area contributed by atoms with Crippen LogP contribution in [-0.2, 0) is 17.6 Å². The predicted octanol–water partition coefficient (Wildman–Crippen LogP) is 1.75. The zero-order chi connectivity index (χ0) is 14.4. The van der Waals surface area contributed by atoms with E-state index in [9.17, 15) is 4.79 Å². The molecule has 0 heterocycles. The SMILES string of the molecule is CN(CCCN)C(=O)CCOc1ccc2c(c1)CCC2. The Morgan fingerprint density at radius 2 is 2.15 bits per heavy atom. The number of ether oxygens (including phenoxy) is 1. The summed E-state index contributed by atoms with van der Waals surface area (Å²) in [5.41, 5.74) is 8.27. The molecule has 20 heavy (non-hydrogen) atoms. The Labute approximate surface area is 120 Å². The van der Waals surface area contributed by atoms with Gasteiger partial charge in [0.25, 0.3) is 0 Å². The Balaban J connectivity index is 1.74. The fraction of sp³-hybridized carbons (Fsp3) is 0.562. The van der Waals surface area contributed by atoms with Crippen LogP contribution in [0.25, 0.3) is 0 Å². The first-order valence-electron chi connectivity index (χ1n) is 7.39. The van der Waals surface area contributed by atoms with Gasteiger partial charge in [0.1, 0.15) is 5.75 Å². The topological polar surface area (TPSA) is 55.6 Å². The molecule has 1 aliphatic rings. The Bertz CT molecular complexity index is 460. The normalized spacial score (nSPS) is 13.1. The molecule has 4 heteroatoms. The molecule has 0 saturated carbocycles. The summed E-state index contributed by atoms with van der Waals surface area (Å²) in [5, 5.41) is 0. The van der Waals surface area contributed by atoms with Gasteiger partial charge in [-0.25, -0.2) is 0 Å². The van der Waals surface area contributed by atoms with E-state index < -0.39 is 0 Å². The monoisotopic (exact) mass is 276 g/mol. The number of nitrogens with two attached hydrogens (primary N) is 1. The third kappa shape index (κ3) is 3.97. The van der Waals surface area contributed by atoms with E-state index >= 15 is 0 Å². The summed E-state index contributed by atoms with van der Waals surface area (Å²) in [6.45, 7) is 1.77. The number of hydrogen-bond acceptors (Lipinski definition) is 3. The van der Waals surface area contributed by atoms with Crippen LogP contribution in [0.4, 0.5) is 0 Å². The van der Waals surface area contributed by atoms with Crippen LogP contribution in [0.5, 0.6) is 5.75 Å². The first-order valence-corrected chi connectivity index (χ1v) is 7.39. The van der Waals surface area contributed by atoms with E-state index in [-0.39, 0.29) is 5.91 Å². The maximum Gasteiger partial charge on any atom is 0.225 e. The minimum Gasteiger partial charge on any atom is -0.493 e. The molecular weight excluding hydrogens is 252 g/mol. The highest BCUT2D eigenvalue weighted by molar-refractivity contribution is 5.75. The first-order chi connectivity index (χ1) is 9.70. The molecule has 0 aromatic heterocycles. The quantitative estimate of drug-likeness (QED) is 0.825. The lowest BCUT2D eigenvalue weighted by Gasteiger charge is -2.16. The molecule has 1 amide bonds. The van der Waals surface area contributed by atoms with E-state index in [0.717, 1.165) is 18.6 Å². The predicted molar refractivity (Wildman–Crippen MR) is 79.9 cm³/mol. The molecule has 4 nitrogen and oxygen atoms in total. The average Bonchev–Trinajstić information content (AvgIpc) is 2.92. The molecule has 0 atom stereocenters. The van der Waals surface area contributed by atoms with Gasteiger partial charge in [-0.1, -0.05) is 6.07 Å². The van der Waals surface area contributed by atoms with Crippen LogP contribution < -0.4 is 10.5 Å². The Morgan fingerprint density at radius 1 is 1.35 bits per heavy atom. The largest absolute Gasteiger partial charge is 0.493 e. The minimum atomic E-state index is 0.111. The van der Waals surface area contributed by atoms with Gasteiger partial charge in [0.05, 0.1) is 13.0 Å². The van der Waals surface area contributed by atoms with Crippen molar-refractivity contribution in [1.82, 2.24) is 4.90 Å². The molecule has 2 N–H and O–H groups in total. The van der Waals surface area contributed by atoms with Crippen LogP contribution in [0.2, 0.25) is 0 Å². The molecular formula is C16H24N2O2. The third-order valence-electron chi connectivity index (χ3n) is 3.78. The lowest BCUT2D eigenvalue weighted by Crippen LogP contribution is -2.30. The lowest BCUT2D eigenvalue weighted by atomic mass is 10.1. The number of aryl methyl sites for hydroxylation is 2. The number of nitrogens with zero attached hydrogens (tertiary/aromatic N) is 1. The second kappa shape index (κ2) is 7.29. The van der Waals surface area contributed by atoms with E-state index in [4.69, 9.17) is 10.5 Å². The summed E-state index contributed by atoms with van der Waals surface area (Å²) in [6, 6.07) is 6.27. The molecule has 0 aliphatic heterocycles. The standard InChI is InChI=1S/C16H24N2O2/c1-18(10-3-9-17)16(19)8-11-20-15-7-6-13-4-2-5-14(13)12-15/h6-7,12H,2-5,8-11,17H2,1H3. The Morgan fingerprint density at radius 3 is 2.95 bits per heavy atom. The average molecular weight is 276 g/mol. The van der Waals surface area contributed by atoms with Gasteiger partial charge in [-0.2, -0.15) is 0 Å². The number of carbonyl (C=O) groups is 1. The smallest absolute Gasteiger partial charge is 0.225 e. The molecule has 0 radical (unpaired) electrons. The zero-order valence-electron chi connectivity index (χ0n) is 12.2. The summed E-state index contributed by atoms with van der Waals surface area (Å²) in [7, 11) is 1.81. The number of carbonyl (C=O) groups excluding carboxylic acids is 1. The fourth-order valence-corrected chi connectivity index (χ4v) is 2.54. The van der Waals surface area contributed by atoms with Crippen LogP contribution >= 0.6 is 0 Å². The van der Waals surface area contributed by atoms with Crippen molar-refractivity contribution in [1.29, 1.82) is 0 Å².